The van der Waals surface area contributed by atoms with Crippen molar-refractivity contribution in [2.24, 2.45) is 0 Å². The monoisotopic (exact) mass is 407 g/mol. The highest BCUT2D eigenvalue weighted by molar-refractivity contribution is 7.99. The van der Waals surface area contributed by atoms with Crippen LogP contribution in [-0.4, -0.2) is 33.6 Å². The first-order chi connectivity index (χ1) is 12.1. The third kappa shape index (κ3) is 7.70. The molecular weight excluding hydrogens is 383 g/mol. The van der Waals surface area contributed by atoms with Crippen molar-refractivity contribution in [3.63, 3.8) is 0 Å². The number of alkyl halides is 3. The summed E-state index contributed by atoms with van der Waals surface area (Å²) in [6, 6.07) is 3.42. The molecule has 1 aromatic rings. The van der Waals surface area contributed by atoms with Crippen LogP contribution in [0.5, 0.6) is 0 Å². The van der Waals surface area contributed by atoms with Crippen LogP contribution in [0.25, 0.3) is 0 Å². The van der Waals surface area contributed by atoms with Gasteiger partial charge < -0.3 is 15.2 Å². The van der Waals surface area contributed by atoms with Crippen LogP contribution in [0.15, 0.2) is 24.3 Å². The molecule has 1 aromatic carbocycles. The molecule has 27 heavy (non-hydrogen) atoms. The lowest BCUT2D eigenvalue weighted by Gasteiger charge is -2.32. The van der Waals surface area contributed by atoms with Crippen LogP contribution in [-0.2, 0) is 21.5 Å². The molecular formula is C18H24F3NO4S. The lowest BCUT2D eigenvalue weighted by Crippen LogP contribution is -2.53. The number of carbonyl (C=O) groups excluding carboxylic acids is 1. The van der Waals surface area contributed by atoms with Gasteiger partial charge in [0.05, 0.1) is 5.56 Å². The molecule has 0 fully saturated rings. The fourth-order valence-electron chi connectivity index (χ4n) is 2.10. The van der Waals surface area contributed by atoms with E-state index in [0.29, 0.717) is 5.56 Å². The third-order valence-corrected chi connectivity index (χ3v) is 4.95. The van der Waals surface area contributed by atoms with Gasteiger partial charge in [-0.3, -0.25) is 0 Å². The molecule has 1 rings (SSSR count). The highest BCUT2D eigenvalue weighted by Crippen LogP contribution is 2.33. The summed E-state index contributed by atoms with van der Waals surface area (Å²) in [6.07, 6.45) is -5.26. The van der Waals surface area contributed by atoms with E-state index in [1.54, 1.807) is 34.6 Å². The minimum atomic E-state index is -4.41. The van der Waals surface area contributed by atoms with Gasteiger partial charge in [-0.1, -0.05) is 12.1 Å². The number of aliphatic carboxylic acids is 1. The smallest absolute Gasteiger partial charge is 0.416 e. The van der Waals surface area contributed by atoms with E-state index in [1.807, 2.05) is 0 Å². The van der Waals surface area contributed by atoms with Gasteiger partial charge in [-0.2, -0.15) is 13.2 Å². The molecule has 0 unspecified atom stereocenters. The zero-order valence-corrected chi connectivity index (χ0v) is 16.6. The molecule has 0 aliphatic heterocycles. The quantitative estimate of drug-likeness (QED) is 0.715. The van der Waals surface area contributed by atoms with Crippen LogP contribution >= 0.6 is 11.8 Å². The molecule has 152 valence electrons. The van der Waals surface area contributed by atoms with Gasteiger partial charge in [-0.05, 0) is 52.3 Å². The summed E-state index contributed by atoms with van der Waals surface area (Å²) in [4.78, 5) is 23.5. The average molecular weight is 407 g/mol. The normalized spacial score (nSPS) is 13.8. The fraction of sp³-hybridized carbons (Fsp3) is 0.556. The number of carbonyl (C=O) groups is 2. The fourth-order valence-corrected chi connectivity index (χ4v) is 3.16. The number of carboxylic acid groups (broad SMARTS) is 1. The molecule has 0 saturated heterocycles. The highest BCUT2D eigenvalue weighted by atomic mass is 32.2. The molecule has 5 nitrogen and oxygen atoms in total. The Bertz CT molecular complexity index is 667. The van der Waals surface area contributed by atoms with Gasteiger partial charge in [0.2, 0.25) is 0 Å². The van der Waals surface area contributed by atoms with Crippen LogP contribution in [0.1, 0.15) is 45.7 Å². The molecule has 0 aromatic heterocycles. The number of thioether (sulfide) groups is 1. The Morgan fingerprint density at radius 2 is 1.63 bits per heavy atom. The zero-order chi connectivity index (χ0) is 21.0. The molecule has 9 heteroatoms. The van der Waals surface area contributed by atoms with Crippen LogP contribution in [0.2, 0.25) is 0 Å². The standard InChI is InChI=1S/C18H24F3NO4S/c1-16(2,3)26-15(25)22-13(14(23)24)17(4,5)27-10-11-6-8-12(9-7-11)18(19,20)21/h6-9,13H,10H2,1-5H3,(H,22,25)(H,23,24)/t13-/m1/s1. The van der Waals surface area contributed by atoms with E-state index >= 15 is 0 Å². The van der Waals surface area contributed by atoms with Gasteiger partial charge in [0, 0.05) is 10.5 Å². The van der Waals surface area contributed by atoms with Crippen LogP contribution in [0, 0.1) is 0 Å². The first-order valence-electron chi connectivity index (χ1n) is 8.14. The Morgan fingerprint density at radius 1 is 1.11 bits per heavy atom. The number of ether oxygens (including phenoxy) is 1. The maximum atomic E-state index is 12.6. The Kier molecular flexibility index (Phi) is 7.21. The van der Waals surface area contributed by atoms with Crippen molar-refractivity contribution in [1.82, 2.24) is 5.32 Å². The number of hydrogen-bond donors (Lipinski definition) is 2. The second kappa shape index (κ2) is 8.41. The van der Waals surface area contributed by atoms with Gasteiger partial charge in [0.25, 0.3) is 0 Å². The Labute approximate surface area is 160 Å². The van der Waals surface area contributed by atoms with Crippen LogP contribution in [0.4, 0.5) is 18.0 Å². The molecule has 1 amide bonds. The van der Waals surface area contributed by atoms with Crippen LogP contribution < -0.4 is 5.32 Å². The number of nitrogens with one attached hydrogen (secondary N) is 1. The third-order valence-electron chi connectivity index (χ3n) is 3.50. The summed E-state index contributed by atoms with van der Waals surface area (Å²) in [6.45, 7) is 8.25. The molecule has 1 atom stereocenters. The molecule has 0 aliphatic rings. The number of halogens is 3. The summed E-state index contributed by atoms with van der Waals surface area (Å²) in [5.41, 5.74) is -0.905. The molecule has 2 N–H and O–H groups in total. The minimum Gasteiger partial charge on any atom is -0.480 e. The van der Waals surface area contributed by atoms with E-state index in [2.05, 4.69) is 5.32 Å². The second-order valence-corrected chi connectivity index (χ2v) is 9.13. The molecule has 0 bridgehead atoms. The van der Waals surface area contributed by atoms with Gasteiger partial charge in [-0.25, -0.2) is 9.59 Å². The summed E-state index contributed by atoms with van der Waals surface area (Å²) >= 11 is 1.21. The van der Waals surface area contributed by atoms with Gasteiger partial charge in [0.15, 0.2) is 0 Å². The molecule has 0 heterocycles. The van der Waals surface area contributed by atoms with E-state index in [-0.39, 0.29) is 5.75 Å². The maximum absolute atomic E-state index is 12.6. The zero-order valence-electron chi connectivity index (χ0n) is 15.8. The van der Waals surface area contributed by atoms with Crippen molar-refractivity contribution in [1.29, 1.82) is 0 Å². The molecule has 0 radical (unpaired) electrons. The summed E-state index contributed by atoms with van der Waals surface area (Å²) in [5.74, 6) is -0.948. The summed E-state index contributed by atoms with van der Waals surface area (Å²) in [5, 5.41) is 11.8. The first-order valence-corrected chi connectivity index (χ1v) is 9.13. The molecule has 0 aliphatic carbocycles. The van der Waals surface area contributed by atoms with E-state index < -0.39 is 40.2 Å². The number of alkyl carbamates (subject to hydrolysis) is 1. The molecule has 0 spiro atoms. The van der Waals surface area contributed by atoms with Crippen molar-refractivity contribution in [3.05, 3.63) is 35.4 Å². The summed E-state index contributed by atoms with van der Waals surface area (Å²) < 4.78 is 42.0. The topological polar surface area (TPSA) is 75.6 Å². The number of hydrogen-bond acceptors (Lipinski definition) is 4. The highest BCUT2D eigenvalue weighted by Gasteiger charge is 2.38. The lowest BCUT2D eigenvalue weighted by atomic mass is 10.0. The van der Waals surface area contributed by atoms with E-state index in [9.17, 15) is 27.9 Å². The first kappa shape index (κ1) is 23.1. The van der Waals surface area contributed by atoms with Crippen molar-refractivity contribution in [2.45, 2.75) is 62.9 Å². The van der Waals surface area contributed by atoms with Gasteiger partial charge >= 0.3 is 18.2 Å². The Hall–Kier alpha value is -1.90. The number of carboxylic acids is 1. The maximum Gasteiger partial charge on any atom is 0.416 e. The number of amides is 1. The Balaban J connectivity index is 2.80. The van der Waals surface area contributed by atoms with Crippen molar-refractivity contribution in [3.8, 4) is 0 Å². The average Bonchev–Trinajstić information content (AvgIpc) is 2.48. The SMILES string of the molecule is CC(C)(C)OC(=O)N[C@H](C(=O)O)C(C)(C)SCc1ccc(C(F)(F)F)cc1. The van der Waals surface area contributed by atoms with Gasteiger partial charge in [-0.15, -0.1) is 11.8 Å². The van der Waals surface area contributed by atoms with E-state index in [4.69, 9.17) is 4.74 Å². The second-order valence-electron chi connectivity index (χ2n) is 7.50. The predicted octanol–water partition coefficient (Wildman–Crippen LogP) is 4.70. The van der Waals surface area contributed by atoms with Crippen LogP contribution in [0.3, 0.4) is 0 Å². The Morgan fingerprint density at radius 3 is 2.04 bits per heavy atom. The predicted molar refractivity (Wildman–Crippen MR) is 97.6 cm³/mol. The summed E-state index contributed by atoms with van der Waals surface area (Å²) in [7, 11) is 0. The van der Waals surface area contributed by atoms with Crippen molar-refractivity contribution >= 4 is 23.8 Å². The van der Waals surface area contributed by atoms with Gasteiger partial charge in [0.1, 0.15) is 11.6 Å². The number of benzene rings is 1. The van der Waals surface area contributed by atoms with E-state index in [0.717, 1.165) is 12.1 Å². The van der Waals surface area contributed by atoms with E-state index in [1.165, 1.54) is 23.9 Å². The van der Waals surface area contributed by atoms with Crippen molar-refractivity contribution in [2.75, 3.05) is 0 Å². The minimum absolute atomic E-state index is 0.283. The largest absolute Gasteiger partial charge is 0.480 e. The number of rotatable bonds is 6. The lowest BCUT2D eigenvalue weighted by molar-refractivity contribution is -0.140. The van der Waals surface area contributed by atoms with Crippen molar-refractivity contribution < 1.29 is 32.6 Å². The molecule has 0 saturated carbocycles.